The van der Waals surface area contributed by atoms with Crippen LogP contribution < -0.4 is 11.1 Å². The highest BCUT2D eigenvalue weighted by Crippen LogP contribution is 2.12. The number of nitrogens with zero attached hydrogens (tertiary/aromatic N) is 1. The molecule has 0 unspecified atom stereocenters. The first kappa shape index (κ1) is 15.4. The summed E-state index contributed by atoms with van der Waals surface area (Å²) < 4.78 is 0. The number of nitrogens with two attached hydrogens (primary N) is 1. The quantitative estimate of drug-likeness (QED) is 0.644. The van der Waals surface area contributed by atoms with Gasteiger partial charge in [0.1, 0.15) is 0 Å². The number of amides is 1. The molecule has 1 aliphatic heterocycles. The van der Waals surface area contributed by atoms with Gasteiger partial charge in [0.2, 0.25) is 5.91 Å². The summed E-state index contributed by atoms with van der Waals surface area (Å²) in [6.07, 6.45) is 4.99. The summed E-state index contributed by atoms with van der Waals surface area (Å²) in [6, 6.07) is 0.669. The van der Waals surface area contributed by atoms with E-state index >= 15 is 0 Å². The highest BCUT2D eigenvalue weighted by Gasteiger charge is 2.18. The average molecular weight is 255 g/mol. The first-order chi connectivity index (χ1) is 8.58. The largest absolute Gasteiger partial charge is 0.370 e. The van der Waals surface area contributed by atoms with Gasteiger partial charge in [-0.25, -0.2) is 0 Å². The molecular weight excluding hydrogens is 226 g/mol. The van der Waals surface area contributed by atoms with E-state index in [4.69, 9.17) is 5.73 Å². The Balaban J connectivity index is 2.00. The highest BCUT2D eigenvalue weighted by atomic mass is 16.1. The summed E-state index contributed by atoms with van der Waals surface area (Å²) in [5, 5.41) is 3.59. The van der Waals surface area contributed by atoms with Crippen molar-refractivity contribution in [2.75, 3.05) is 26.2 Å². The number of hydrogen-bond acceptors (Lipinski definition) is 3. The molecule has 1 fully saturated rings. The lowest BCUT2D eigenvalue weighted by molar-refractivity contribution is -0.118. The van der Waals surface area contributed by atoms with Crippen LogP contribution in [0.15, 0.2) is 0 Å². The van der Waals surface area contributed by atoms with Crippen molar-refractivity contribution in [3.8, 4) is 0 Å². The second-order valence-corrected chi connectivity index (χ2v) is 5.85. The molecule has 0 saturated carbocycles. The molecule has 1 heterocycles. The summed E-state index contributed by atoms with van der Waals surface area (Å²) >= 11 is 0. The number of primary amides is 1. The molecule has 1 rings (SSSR count). The van der Waals surface area contributed by atoms with Crippen molar-refractivity contribution in [1.29, 1.82) is 0 Å². The lowest BCUT2D eigenvalue weighted by Gasteiger charge is -2.33. The van der Waals surface area contributed by atoms with Gasteiger partial charge >= 0.3 is 0 Å². The molecule has 0 aromatic carbocycles. The molecule has 4 heteroatoms. The first-order valence-corrected chi connectivity index (χ1v) is 7.32. The number of rotatable bonds is 8. The molecule has 4 nitrogen and oxygen atoms in total. The van der Waals surface area contributed by atoms with Crippen LogP contribution in [0.3, 0.4) is 0 Å². The van der Waals surface area contributed by atoms with Gasteiger partial charge in [-0.15, -0.1) is 0 Å². The maximum absolute atomic E-state index is 10.6. The van der Waals surface area contributed by atoms with Crippen LogP contribution >= 0.6 is 0 Å². The van der Waals surface area contributed by atoms with Gasteiger partial charge in [-0.3, -0.25) is 4.79 Å². The van der Waals surface area contributed by atoms with Crippen molar-refractivity contribution in [2.24, 2.45) is 11.7 Å². The Bertz CT molecular complexity index is 235. The van der Waals surface area contributed by atoms with E-state index in [-0.39, 0.29) is 5.91 Å². The Morgan fingerprint density at radius 1 is 1.33 bits per heavy atom. The lowest BCUT2D eigenvalue weighted by Crippen LogP contribution is -2.43. The zero-order chi connectivity index (χ0) is 13.4. The van der Waals surface area contributed by atoms with E-state index in [1.54, 1.807) is 0 Å². The zero-order valence-corrected chi connectivity index (χ0v) is 12.0. The Morgan fingerprint density at radius 3 is 2.56 bits per heavy atom. The lowest BCUT2D eigenvalue weighted by atomic mass is 10.0. The van der Waals surface area contributed by atoms with Crippen LogP contribution in [0.1, 0.15) is 46.0 Å². The number of hydrogen-bond donors (Lipinski definition) is 2. The summed E-state index contributed by atoms with van der Waals surface area (Å²) in [5.74, 6) is 0.584. The SMILES string of the molecule is CC(C)CN1CCC(NCCCCC(N)=O)CC1. The van der Waals surface area contributed by atoms with E-state index in [1.165, 1.54) is 32.5 Å². The van der Waals surface area contributed by atoms with E-state index in [0.29, 0.717) is 12.5 Å². The van der Waals surface area contributed by atoms with Crippen molar-refractivity contribution >= 4 is 5.91 Å². The molecule has 18 heavy (non-hydrogen) atoms. The van der Waals surface area contributed by atoms with Gasteiger partial charge in [0.25, 0.3) is 0 Å². The number of piperidine rings is 1. The zero-order valence-electron chi connectivity index (χ0n) is 12.0. The minimum atomic E-state index is -0.183. The fraction of sp³-hybridized carbons (Fsp3) is 0.929. The Labute approximate surface area is 111 Å². The van der Waals surface area contributed by atoms with Crippen molar-refractivity contribution in [3.63, 3.8) is 0 Å². The summed E-state index contributed by atoms with van der Waals surface area (Å²) in [4.78, 5) is 13.1. The molecule has 3 N–H and O–H groups in total. The van der Waals surface area contributed by atoms with Crippen LogP contribution in [-0.4, -0.2) is 43.0 Å². The molecule has 0 aromatic rings. The van der Waals surface area contributed by atoms with E-state index in [2.05, 4.69) is 24.1 Å². The molecule has 0 atom stereocenters. The number of carbonyl (C=O) groups is 1. The first-order valence-electron chi connectivity index (χ1n) is 7.32. The van der Waals surface area contributed by atoms with Gasteiger partial charge in [-0.1, -0.05) is 13.8 Å². The van der Waals surface area contributed by atoms with Crippen molar-refractivity contribution in [3.05, 3.63) is 0 Å². The van der Waals surface area contributed by atoms with Gasteiger partial charge in [0.15, 0.2) is 0 Å². The standard InChI is InChI=1S/C14H29N3O/c1-12(2)11-17-9-6-13(7-10-17)16-8-4-3-5-14(15)18/h12-13,16H,3-11H2,1-2H3,(H2,15,18). The second-order valence-electron chi connectivity index (χ2n) is 5.85. The second kappa shape index (κ2) is 8.48. The predicted octanol–water partition coefficient (Wildman–Crippen LogP) is 1.35. The van der Waals surface area contributed by atoms with Crippen LogP contribution in [0.2, 0.25) is 0 Å². The van der Waals surface area contributed by atoms with Crippen LogP contribution in [0.25, 0.3) is 0 Å². The molecule has 106 valence electrons. The van der Waals surface area contributed by atoms with Crippen molar-refractivity contribution in [1.82, 2.24) is 10.2 Å². The normalized spacial score (nSPS) is 18.4. The van der Waals surface area contributed by atoms with E-state index in [1.807, 2.05) is 0 Å². The minimum Gasteiger partial charge on any atom is -0.370 e. The van der Waals surface area contributed by atoms with E-state index in [9.17, 15) is 4.79 Å². The molecule has 0 spiro atoms. The van der Waals surface area contributed by atoms with Crippen molar-refractivity contribution < 1.29 is 4.79 Å². The smallest absolute Gasteiger partial charge is 0.217 e. The molecule has 1 amide bonds. The Kier molecular flexibility index (Phi) is 7.28. The monoisotopic (exact) mass is 255 g/mol. The molecular formula is C14H29N3O. The topological polar surface area (TPSA) is 58.4 Å². The molecule has 0 radical (unpaired) electrons. The van der Waals surface area contributed by atoms with Gasteiger partial charge in [-0.2, -0.15) is 0 Å². The molecule has 0 bridgehead atoms. The third-order valence-electron chi connectivity index (χ3n) is 3.49. The third kappa shape index (κ3) is 6.97. The molecule has 1 aliphatic rings. The molecule has 1 saturated heterocycles. The van der Waals surface area contributed by atoms with Crippen LogP contribution in [0.5, 0.6) is 0 Å². The van der Waals surface area contributed by atoms with Gasteiger partial charge in [-0.05, 0) is 51.2 Å². The molecule has 0 aliphatic carbocycles. The van der Waals surface area contributed by atoms with Gasteiger partial charge in [0.05, 0.1) is 0 Å². The van der Waals surface area contributed by atoms with Gasteiger partial charge < -0.3 is 16.0 Å². The maximum Gasteiger partial charge on any atom is 0.217 e. The number of carbonyl (C=O) groups excluding carboxylic acids is 1. The number of unbranched alkanes of at least 4 members (excludes halogenated alkanes) is 1. The van der Waals surface area contributed by atoms with Crippen LogP contribution in [0, 0.1) is 5.92 Å². The predicted molar refractivity (Wildman–Crippen MR) is 75.3 cm³/mol. The Morgan fingerprint density at radius 2 is 2.00 bits per heavy atom. The summed E-state index contributed by atoms with van der Waals surface area (Å²) in [7, 11) is 0. The van der Waals surface area contributed by atoms with Crippen LogP contribution in [-0.2, 0) is 4.79 Å². The van der Waals surface area contributed by atoms with E-state index in [0.717, 1.165) is 25.3 Å². The fourth-order valence-electron chi connectivity index (χ4n) is 2.57. The molecule has 0 aromatic heterocycles. The fourth-order valence-corrected chi connectivity index (χ4v) is 2.57. The minimum absolute atomic E-state index is 0.183. The number of nitrogens with one attached hydrogen (secondary N) is 1. The van der Waals surface area contributed by atoms with Gasteiger partial charge in [0, 0.05) is 19.0 Å². The van der Waals surface area contributed by atoms with Crippen LogP contribution in [0.4, 0.5) is 0 Å². The van der Waals surface area contributed by atoms with E-state index < -0.39 is 0 Å². The summed E-state index contributed by atoms with van der Waals surface area (Å²) in [5.41, 5.74) is 5.11. The Hall–Kier alpha value is -0.610. The maximum atomic E-state index is 10.6. The summed E-state index contributed by atoms with van der Waals surface area (Å²) in [6.45, 7) is 9.24. The average Bonchev–Trinajstić information content (AvgIpc) is 2.30. The van der Waals surface area contributed by atoms with Crippen molar-refractivity contribution in [2.45, 2.75) is 52.0 Å². The third-order valence-corrected chi connectivity index (χ3v) is 3.49. The highest BCUT2D eigenvalue weighted by molar-refractivity contribution is 5.73. The number of likely N-dealkylation sites (tertiary alicyclic amines) is 1.